The van der Waals surface area contributed by atoms with E-state index in [4.69, 9.17) is 0 Å². The molecule has 1 aromatic heterocycles. The fraction of sp³-hybridized carbons (Fsp3) is 0.636. The second-order valence-electron chi connectivity index (χ2n) is 4.55. The van der Waals surface area contributed by atoms with Crippen molar-refractivity contribution in [1.29, 1.82) is 0 Å². The summed E-state index contributed by atoms with van der Waals surface area (Å²) in [4.78, 5) is 14.3. The number of nitrogens with zero attached hydrogens (tertiary/aromatic N) is 3. The summed E-state index contributed by atoms with van der Waals surface area (Å²) in [6, 6.07) is 1.84. The van der Waals surface area contributed by atoms with Crippen LogP contribution in [0.2, 0.25) is 0 Å². The highest BCUT2D eigenvalue weighted by Crippen LogP contribution is 2.17. The van der Waals surface area contributed by atoms with Crippen LogP contribution >= 0.6 is 0 Å². The molecular formula is C11H18N4O. The summed E-state index contributed by atoms with van der Waals surface area (Å²) in [6.45, 7) is 7.13. The molecule has 0 bridgehead atoms. The molecule has 1 N–H and O–H groups in total. The van der Waals surface area contributed by atoms with Gasteiger partial charge in [-0.3, -0.25) is 9.48 Å². The van der Waals surface area contributed by atoms with Gasteiger partial charge in [0.25, 0.3) is 0 Å². The minimum absolute atomic E-state index is 0.137. The summed E-state index contributed by atoms with van der Waals surface area (Å²) in [5.41, 5.74) is -0.596. The van der Waals surface area contributed by atoms with Gasteiger partial charge in [-0.05, 0) is 19.9 Å². The van der Waals surface area contributed by atoms with Crippen molar-refractivity contribution in [2.24, 2.45) is 0 Å². The van der Waals surface area contributed by atoms with Gasteiger partial charge in [0.1, 0.15) is 5.54 Å². The van der Waals surface area contributed by atoms with Crippen molar-refractivity contribution >= 4 is 5.91 Å². The first-order valence-corrected chi connectivity index (χ1v) is 5.62. The zero-order valence-corrected chi connectivity index (χ0v) is 9.81. The molecule has 1 fully saturated rings. The number of aromatic nitrogens is 2. The molecule has 0 atom stereocenters. The number of rotatable bonds is 2. The van der Waals surface area contributed by atoms with Gasteiger partial charge in [-0.25, -0.2) is 0 Å². The lowest BCUT2D eigenvalue weighted by molar-refractivity contribution is -0.140. The SMILES string of the molecule is CC(C)(C(=O)N1CCNCC1)n1cccn1. The van der Waals surface area contributed by atoms with E-state index < -0.39 is 5.54 Å². The van der Waals surface area contributed by atoms with Crippen molar-refractivity contribution in [2.45, 2.75) is 19.4 Å². The molecule has 0 spiro atoms. The molecule has 0 unspecified atom stereocenters. The molecule has 2 rings (SSSR count). The number of hydrogen-bond acceptors (Lipinski definition) is 3. The Morgan fingerprint density at radius 3 is 2.62 bits per heavy atom. The van der Waals surface area contributed by atoms with Gasteiger partial charge in [0.05, 0.1) is 0 Å². The molecule has 5 nitrogen and oxygen atoms in total. The summed E-state index contributed by atoms with van der Waals surface area (Å²) in [6.07, 6.45) is 3.53. The van der Waals surface area contributed by atoms with E-state index in [0.717, 1.165) is 26.2 Å². The lowest BCUT2D eigenvalue weighted by Crippen LogP contribution is -2.53. The van der Waals surface area contributed by atoms with Crippen molar-refractivity contribution in [2.75, 3.05) is 26.2 Å². The normalized spacial score (nSPS) is 17.5. The van der Waals surface area contributed by atoms with Crippen LogP contribution < -0.4 is 5.32 Å². The van der Waals surface area contributed by atoms with Crippen LogP contribution in [-0.2, 0) is 10.3 Å². The van der Waals surface area contributed by atoms with Crippen LogP contribution in [0.1, 0.15) is 13.8 Å². The maximum absolute atomic E-state index is 12.4. The molecule has 0 saturated carbocycles. The molecular weight excluding hydrogens is 204 g/mol. The number of amides is 1. The smallest absolute Gasteiger partial charge is 0.250 e. The van der Waals surface area contributed by atoms with E-state index in [-0.39, 0.29) is 5.91 Å². The number of piperazine rings is 1. The first-order valence-electron chi connectivity index (χ1n) is 5.62. The van der Waals surface area contributed by atoms with Gasteiger partial charge in [-0.2, -0.15) is 5.10 Å². The largest absolute Gasteiger partial charge is 0.338 e. The number of carbonyl (C=O) groups excluding carboxylic acids is 1. The Hall–Kier alpha value is -1.36. The Bertz CT molecular complexity index is 352. The Morgan fingerprint density at radius 1 is 1.38 bits per heavy atom. The maximum atomic E-state index is 12.4. The average molecular weight is 222 g/mol. The Labute approximate surface area is 95.4 Å². The monoisotopic (exact) mass is 222 g/mol. The van der Waals surface area contributed by atoms with Crippen LogP contribution in [0.5, 0.6) is 0 Å². The van der Waals surface area contributed by atoms with E-state index in [1.54, 1.807) is 10.9 Å². The van der Waals surface area contributed by atoms with Crippen LogP contribution in [-0.4, -0.2) is 46.8 Å². The quantitative estimate of drug-likeness (QED) is 0.769. The third-order valence-corrected chi connectivity index (χ3v) is 3.00. The van der Waals surface area contributed by atoms with E-state index in [0.29, 0.717) is 0 Å². The van der Waals surface area contributed by atoms with Crippen molar-refractivity contribution < 1.29 is 4.79 Å². The zero-order valence-electron chi connectivity index (χ0n) is 9.81. The summed E-state index contributed by atoms with van der Waals surface area (Å²) in [5, 5.41) is 7.40. The second kappa shape index (κ2) is 4.25. The third-order valence-electron chi connectivity index (χ3n) is 3.00. The average Bonchev–Trinajstić information content (AvgIpc) is 2.83. The maximum Gasteiger partial charge on any atom is 0.250 e. The molecule has 16 heavy (non-hydrogen) atoms. The van der Waals surface area contributed by atoms with Gasteiger partial charge in [0.15, 0.2) is 0 Å². The summed E-state index contributed by atoms with van der Waals surface area (Å²) in [5.74, 6) is 0.137. The number of hydrogen-bond donors (Lipinski definition) is 1. The van der Waals surface area contributed by atoms with Crippen LogP contribution in [0.15, 0.2) is 18.5 Å². The van der Waals surface area contributed by atoms with Gasteiger partial charge in [0.2, 0.25) is 5.91 Å². The van der Waals surface area contributed by atoms with Gasteiger partial charge >= 0.3 is 0 Å². The fourth-order valence-electron chi connectivity index (χ4n) is 1.95. The van der Waals surface area contributed by atoms with E-state index >= 15 is 0 Å². The fourth-order valence-corrected chi connectivity index (χ4v) is 1.95. The van der Waals surface area contributed by atoms with E-state index in [9.17, 15) is 4.79 Å². The Balaban J connectivity index is 2.13. The van der Waals surface area contributed by atoms with Crippen LogP contribution in [0.3, 0.4) is 0 Å². The molecule has 88 valence electrons. The highest BCUT2D eigenvalue weighted by Gasteiger charge is 2.34. The molecule has 1 saturated heterocycles. The minimum atomic E-state index is -0.596. The molecule has 0 aliphatic carbocycles. The molecule has 1 amide bonds. The Kier molecular flexibility index (Phi) is 2.96. The highest BCUT2D eigenvalue weighted by molar-refractivity contribution is 5.83. The van der Waals surface area contributed by atoms with Crippen LogP contribution in [0, 0.1) is 0 Å². The molecule has 0 radical (unpaired) electrons. The molecule has 1 aliphatic heterocycles. The van der Waals surface area contributed by atoms with Crippen LogP contribution in [0.4, 0.5) is 0 Å². The summed E-state index contributed by atoms with van der Waals surface area (Å²) in [7, 11) is 0. The molecule has 1 aromatic rings. The van der Waals surface area contributed by atoms with Crippen molar-refractivity contribution in [3.05, 3.63) is 18.5 Å². The molecule has 2 heterocycles. The van der Waals surface area contributed by atoms with Gasteiger partial charge in [-0.15, -0.1) is 0 Å². The summed E-state index contributed by atoms with van der Waals surface area (Å²) < 4.78 is 1.72. The lowest BCUT2D eigenvalue weighted by Gasteiger charge is -2.34. The number of carbonyl (C=O) groups is 1. The lowest BCUT2D eigenvalue weighted by atomic mass is 10.0. The standard InChI is InChI=1S/C11H18N4O/c1-11(2,15-7-3-4-13-15)10(16)14-8-5-12-6-9-14/h3-4,7,12H,5-6,8-9H2,1-2H3. The second-order valence-corrected chi connectivity index (χ2v) is 4.55. The van der Waals surface area contributed by atoms with Crippen LogP contribution in [0.25, 0.3) is 0 Å². The predicted octanol–water partition coefficient (Wildman–Crippen LogP) is 0.0500. The first-order chi connectivity index (χ1) is 7.62. The van der Waals surface area contributed by atoms with Crippen molar-refractivity contribution in [1.82, 2.24) is 20.0 Å². The zero-order chi connectivity index (χ0) is 11.6. The minimum Gasteiger partial charge on any atom is -0.338 e. The van der Waals surface area contributed by atoms with E-state index in [1.165, 1.54) is 0 Å². The van der Waals surface area contributed by atoms with E-state index in [1.807, 2.05) is 31.0 Å². The number of nitrogens with one attached hydrogen (secondary N) is 1. The molecule has 1 aliphatic rings. The van der Waals surface area contributed by atoms with Gasteiger partial charge in [-0.1, -0.05) is 0 Å². The first kappa shape index (κ1) is 11.1. The van der Waals surface area contributed by atoms with E-state index in [2.05, 4.69) is 10.4 Å². The van der Waals surface area contributed by atoms with Crippen molar-refractivity contribution in [3.63, 3.8) is 0 Å². The topological polar surface area (TPSA) is 50.2 Å². The third kappa shape index (κ3) is 1.95. The highest BCUT2D eigenvalue weighted by atomic mass is 16.2. The molecule has 0 aromatic carbocycles. The van der Waals surface area contributed by atoms with Gasteiger partial charge in [0, 0.05) is 38.6 Å². The van der Waals surface area contributed by atoms with Crippen molar-refractivity contribution in [3.8, 4) is 0 Å². The Morgan fingerprint density at radius 2 is 2.06 bits per heavy atom. The van der Waals surface area contributed by atoms with Gasteiger partial charge < -0.3 is 10.2 Å². The summed E-state index contributed by atoms with van der Waals surface area (Å²) >= 11 is 0. The molecule has 5 heteroatoms. The predicted molar refractivity (Wildman–Crippen MR) is 61.0 cm³/mol.